The third-order valence-corrected chi connectivity index (χ3v) is 1.17. The van der Waals surface area contributed by atoms with Gasteiger partial charge in [-0.1, -0.05) is 6.08 Å². The van der Waals surface area contributed by atoms with Crippen molar-refractivity contribution in [3.63, 3.8) is 0 Å². The number of nitrogens with one attached hydrogen (secondary N) is 1. The molecule has 0 saturated carbocycles. The lowest BCUT2D eigenvalue weighted by Crippen LogP contribution is -2.10. The molecule has 1 heterocycles. The van der Waals surface area contributed by atoms with Crippen LogP contribution in [-0.4, -0.2) is 19.0 Å². The summed E-state index contributed by atoms with van der Waals surface area (Å²) in [4.78, 5) is 20.1. The Bertz CT molecular complexity index is 174. The zero-order chi connectivity index (χ0) is 6.69. The first-order valence-corrected chi connectivity index (χ1v) is 2.62. The lowest BCUT2D eigenvalue weighted by atomic mass is 10.3. The molecule has 0 fully saturated rings. The highest BCUT2D eigenvalue weighted by Crippen LogP contribution is 1.99. The van der Waals surface area contributed by atoms with Gasteiger partial charge in [0.1, 0.15) is 0 Å². The maximum Gasteiger partial charge on any atom is 0.313 e. The van der Waals surface area contributed by atoms with Crippen LogP contribution in [0.25, 0.3) is 0 Å². The summed E-state index contributed by atoms with van der Waals surface area (Å²) in [6.07, 6.45) is 1.67. The molecule has 48 valence electrons. The SMILES string of the molecule is O=NC(=O)C1=CCNC1. The summed E-state index contributed by atoms with van der Waals surface area (Å²) in [6.45, 7) is 1.14. The molecule has 0 bridgehead atoms. The normalized spacial score (nSPS) is 17.1. The molecule has 0 atom stereocenters. The smallest absolute Gasteiger partial charge is 0.309 e. The average molecular weight is 126 g/mol. The van der Waals surface area contributed by atoms with Gasteiger partial charge < -0.3 is 5.32 Å². The van der Waals surface area contributed by atoms with Crippen LogP contribution in [0.4, 0.5) is 0 Å². The molecule has 0 aliphatic carbocycles. The number of nitroso groups, excluding NO2 is 1. The van der Waals surface area contributed by atoms with Gasteiger partial charge in [0.25, 0.3) is 0 Å². The molecule has 0 aromatic carbocycles. The van der Waals surface area contributed by atoms with Crippen molar-refractivity contribution in [3.8, 4) is 0 Å². The molecule has 0 spiro atoms. The fourth-order valence-corrected chi connectivity index (χ4v) is 0.696. The number of amides is 1. The fourth-order valence-electron chi connectivity index (χ4n) is 0.696. The third kappa shape index (κ3) is 1.20. The number of rotatable bonds is 1. The maximum absolute atomic E-state index is 10.4. The number of carbonyl (C=O) groups excluding carboxylic acids is 1. The lowest BCUT2D eigenvalue weighted by Gasteiger charge is -1.87. The summed E-state index contributed by atoms with van der Waals surface area (Å²) < 4.78 is 0. The van der Waals surface area contributed by atoms with E-state index in [2.05, 4.69) is 10.5 Å². The molecule has 4 nitrogen and oxygen atoms in total. The van der Waals surface area contributed by atoms with Crippen LogP contribution in [0.1, 0.15) is 0 Å². The Labute approximate surface area is 51.9 Å². The Hall–Kier alpha value is -1.03. The average Bonchev–Trinajstić information content (AvgIpc) is 2.37. The quantitative estimate of drug-likeness (QED) is 0.495. The first kappa shape index (κ1) is 6.10. The minimum Gasteiger partial charge on any atom is -0.309 e. The molecule has 1 amide bonds. The zero-order valence-electron chi connectivity index (χ0n) is 4.76. The van der Waals surface area contributed by atoms with Crippen molar-refractivity contribution in [1.29, 1.82) is 0 Å². The standard InChI is InChI=1S/C5H6N2O2/c8-5(7-9)4-1-2-6-3-4/h1,6H,2-3H2. The Balaban J connectivity index is 2.61. The molecule has 1 aliphatic heterocycles. The second-order valence-electron chi connectivity index (χ2n) is 1.76. The van der Waals surface area contributed by atoms with Crippen molar-refractivity contribution in [3.05, 3.63) is 16.6 Å². The van der Waals surface area contributed by atoms with E-state index in [1.54, 1.807) is 6.08 Å². The minimum atomic E-state index is -0.653. The summed E-state index contributed by atoms with van der Waals surface area (Å²) in [5.74, 6) is -0.653. The van der Waals surface area contributed by atoms with E-state index in [1.807, 2.05) is 0 Å². The lowest BCUT2D eigenvalue weighted by molar-refractivity contribution is -0.114. The van der Waals surface area contributed by atoms with Gasteiger partial charge in [0.05, 0.1) is 0 Å². The van der Waals surface area contributed by atoms with Crippen LogP contribution >= 0.6 is 0 Å². The topological polar surface area (TPSA) is 58.5 Å². The van der Waals surface area contributed by atoms with E-state index in [4.69, 9.17) is 0 Å². The van der Waals surface area contributed by atoms with Gasteiger partial charge in [-0.2, -0.15) is 0 Å². The molecule has 0 radical (unpaired) electrons. The Morgan fingerprint density at radius 1 is 1.78 bits per heavy atom. The van der Waals surface area contributed by atoms with Crippen LogP contribution in [0.2, 0.25) is 0 Å². The van der Waals surface area contributed by atoms with Crippen LogP contribution in [-0.2, 0) is 4.79 Å². The molecule has 1 N–H and O–H groups in total. The molecule has 4 heteroatoms. The Morgan fingerprint density at radius 2 is 2.56 bits per heavy atom. The summed E-state index contributed by atoms with van der Waals surface area (Å²) in [6, 6.07) is 0. The van der Waals surface area contributed by atoms with Crippen molar-refractivity contribution in [2.45, 2.75) is 0 Å². The summed E-state index contributed by atoms with van der Waals surface area (Å²) in [7, 11) is 0. The second-order valence-corrected chi connectivity index (χ2v) is 1.76. The Morgan fingerprint density at radius 3 is 3.00 bits per heavy atom. The summed E-state index contributed by atoms with van der Waals surface area (Å²) in [5.41, 5.74) is 0.477. The van der Waals surface area contributed by atoms with Crippen molar-refractivity contribution in [1.82, 2.24) is 5.32 Å². The highest BCUT2D eigenvalue weighted by Gasteiger charge is 2.11. The summed E-state index contributed by atoms with van der Waals surface area (Å²) in [5, 5.41) is 5.15. The van der Waals surface area contributed by atoms with Gasteiger partial charge in [-0.15, -0.1) is 4.91 Å². The first-order valence-electron chi connectivity index (χ1n) is 2.62. The molecule has 9 heavy (non-hydrogen) atoms. The molecular weight excluding hydrogens is 120 g/mol. The maximum atomic E-state index is 10.4. The van der Waals surface area contributed by atoms with Crippen LogP contribution in [0, 0.1) is 4.91 Å². The predicted octanol–water partition coefficient (Wildman–Crippen LogP) is -0.191. The van der Waals surface area contributed by atoms with Gasteiger partial charge in [-0.25, -0.2) is 0 Å². The fraction of sp³-hybridized carbons (Fsp3) is 0.400. The largest absolute Gasteiger partial charge is 0.313 e. The van der Waals surface area contributed by atoms with Crippen molar-refractivity contribution in [2.75, 3.05) is 13.1 Å². The zero-order valence-corrected chi connectivity index (χ0v) is 4.76. The van der Waals surface area contributed by atoms with Crippen molar-refractivity contribution >= 4 is 5.91 Å². The molecule has 0 unspecified atom stereocenters. The minimum absolute atomic E-state index is 0.477. The molecule has 1 aliphatic rings. The van der Waals surface area contributed by atoms with Crippen LogP contribution < -0.4 is 5.32 Å². The van der Waals surface area contributed by atoms with Gasteiger partial charge in [0.2, 0.25) is 0 Å². The number of nitrogens with zero attached hydrogens (tertiary/aromatic N) is 1. The van der Waals surface area contributed by atoms with Crippen LogP contribution in [0.5, 0.6) is 0 Å². The first-order chi connectivity index (χ1) is 4.34. The van der Waals surface area contributed by atoms with E-state index in [9.17, 15) is 9.70 Å². The van der Waals surface area contributed by atoms with E-state index in [0.29, 0.717) is 18.7 Å². The molecular formula is C5H6N2O2. The van der Waals surface area contributed by atoms with Crippen LogP contribution in [0.15, 0.2) is 16.8 Å². The number of hydrogen-bond donors (Lipinski definition) is 1. The van der Waals surface area contributed by atoms with E-state index >= 15 is 0 Å². The third-order valence-electron chi connectivity index (χ3n) is 1.17. The molecule has 0 aromatic rings. The number of hydrogen-bond acceptors (Lipinski definition) is 3. The van der Waals surface area contributed by atoms with E-state index in [1.165, 1.54) is 0 Å². The predicted molar refractivity (Wildman–Crippen MR) is 31.8 cm³/mol. The van der Waals surface area contributed by atoms with Gasteiger partial charge >= 0.3 is 5.91 Å². The van der Waals surface area contributed by atoms with Crippen LogP contribution in [0.3, 0.4) is 0 Å². The van der Waals surface area contributed by atoms with E-state index in [-0.39, 0.29) is 0 Å². The molecule has 1 rings (SSSR count). The van der Waals surface area contributed by atoms with Crippen molar-refractivity contribution in [2.24, 2.45) is 5.18 Å². The van der Waals surface area contributed by atoms with Gasteiger partial charge in [-0.3, -0.25) is 4.79 Å². The summed E-state index contributed by atoms with van der Waals surface area (Å²) >= 11 is 0. The van der Waals surface area contributed by atoms with Gasteiger partial charge in [0.15, 0.2) is 0 Å². The second kappa shape index (κ2) is 2.50. The van der Waals surface area contributed by atoms with E-state index < -0.39 is 5.91 Å². The van der Waals surface area contributed by atoms with Gasteiger partial charge in [-0.05, 0) is 0 Å². The Kier molecular flexibility index (Phi) is 1.69. The monoisotopic (exact) mass is 126 g/mol. The van der Waals surface area contributed by atoms with Gasteiger partial charge in [0, 0.05) is 23.8 Å². The van der Waals surface area contributed by atoms with Crippen molar-refractivity contribution < 1.29 is 4.79 Å². The van der Waals surface area contributed by atoms with E-state index in [0.717, 1.165) is 0 Å². The highest BCUT2D eigenvalue weighted by atomic mass is 16.3. The molecule has 0 aromatic heterocycles. The number of carbonyl (C=O) groups is 1. The highest BCUT2D eigenvalue weighted by molar-refractivity contribution is 5.94. The molecule has 0 saturated heterocycles.